The first-order valence-corrected chi connectivity index (χ1v) is 11.2. The summed E-state index contributed by atoms with van der Waals surface area (Å²) in [5.74, 6) is 0.537. The molecule has 8 nitrogen and oxygen atoms in total. The van der Waals surface area contributed by atoms with Gasteiger partial charge in [-0.1, -0.05) is 6.92 Å². The Morgan fingerprint density at radius 3 is 2.75 bits per heavy atom. The zero-order valence-electron chi connectivity index (χ0n) is 18.7. The molecule has 0 unspecified atom stereocenters. The fraction of sp³-hybridized carbons (Fsp3) is 0.583. The Hall–Kier alpha value is -2.74. The summed E-state index contributed by atoms with van der Waals surface area (Å²) < 4.78 is 27.9. The summed E-state index contributed by atoms with van der Waals surface area (Å²) in [7, 11) is 2.93. The Morgan fingerprint density at radius 2 is 2.00 bits per heavy atom. The third-order valence-electron chi connectivity index (χ3n) is 7.31. The van der Waals surface area contributed by atoms with Crippen molar-refractivity contribution in [2.75, 3.05) is 34.1 Å². The molecule has 4 atom stereocenters. The Balaban J connectivity index is 1.54. The van der Waals surface area contributed by atoms with Crippen molar-refractivity contribution in [2.24, 2.45) is 5.92 Å². The van der Waals surface area contributed by atoms with Crippen molar-refractivity contribution >= 4 is 11.9 Å². The summed E-state index contributed by atoms with van der Waals surface area (Å²) in [6.07, 6.45) is 4.48. The lowest BCUT2D eigenvalue weighted by Crippen LogP contribution is -2.47. The van der Waals surface area contributed by atoms with Crippen LogP contribution in [0.1, 0.15) is 43.2 Å². The number of hydrogen-bond donors (Lipinski definition) is 0. The van der Waals surface area contributed by atoms with E-state index in [-0.39, 0.29) is 24.7 Å². The molecule has 0 bridgehead atoms. The van der Waals surface area contributed by atoms with Gasteiger partial charge in [-0.15, -0.1) is 0 Å². The van der Waals surface area contributed by atoms with E-state index in [4.69, 9.17) is 23.7 Å². The number of nitrogens with zero attached hydrogens (tertiary/aromatic N) is 1. The van der Waals surface area contributed by atoms with Gasteiger partial charge in [-0.05, 0) is 55.1 Å². The van der Waals surface area contributed by atoms with Crippen LogP contribution >= 0.6 is 0 Å². The molecule has 3 aliphatic heterocycles. The summed E-state index contributed by atoms with van der Waals surface area (Å²) in [4.78, 5) is 27.2. The number of carbonyl (C=O) groups is 2. The normalized spacial score (nSPS) is 28.7. The summed E-state index contributed by atoms with van der Waals surface area (Å²) >= 11 is 0. The third-order valence-corrected chi connectivity index (χ3v) is 7.31. The molecule has 4 aliphatic rings. The van der Waals surface area contributed by atoms with Crippen LogP contribution in [0.4, 0.5) is 0 Å². The lowest BCUT2D eigenvalue weighted by Gasteiger charge is -2.39. The third kappa shape index (κ3) is 3.23. The van der Waals surface area contributed by atoms with Crippen molar-refractivity contribution in [1.29, 1.82) is 0 Å². The maximum Gasteiger partial charge on any atom is 0.309 e. The van der Waals surface area contributed by atoms with E-state index < -0.39 is 24.0 Å². The van der Waals surface area contributed by atoms with Gasteiger partial charge < -0.3 is 23.7 Å². The van der Waals surface area contributed by atoms with Gasteiger partial charge in [0.05, 0.1) is 38.0 Å². The van der Waals surface area contributed by atoms with Crippen molar-refractivity contribution in [3.63, 3.8) is 0 Å². The van der Waals surface area contributed by atoms with Crippen LogP contribution in [0, 0.1) is 5.92 Å². The van der Waals surface area contributed by atoms with Crippen LogP contribution in [-0.4, -0.2) is 62.6 Å². The predicted molar refractivity (Wildman–Crippen MR) is 113 cm³/mol. The topological polar surface area (TPSA) is 83.5 Å². The van der Waals surface area contributed by atoms with Gasteiger partial charge in [0.1, 0.15) is 5.76 Å². The summed E-state index contributed by atoms with van der Waals surface area (Å²) in [5.41, 5.74) is 2.02. The summed E-state index contributed by atoms with van der Waals surface area (Å²) in [6, 6.07) is 4.12. The number of benzene rings is 1. The molecular formula is C24H29NO7. The fourth-order valence-electron chi connectivity index (χ4n) is 5.75. The van der Waals surface area contributed by atoms with E-state index >= 15 is 0 Å². The molecule has 172 valence electrons. The average molecular weight is 443 g/mol. The van der Waals surface area contributed by atoms with Crippen molar-refractivity contribution in [1.82, 2.24) is 4.90 Å². The van der Waals surface area contributed by atoms with Crippen LogP contribution in [0.5, 0.6) is 11.5 Å². The van der Waals surface area contributed by atoms with E-state index in [2.05, 4.69) is 23.1 Å². The van der Waals surface area contributed by atoms with E-state index in [0.29, 0.717) is 5.76 Å². The first kappa shape index (κ1) is 21.1. The van der Waals surface area contributed by atoms with E-state index in [1.165, 1.54) is 12.7 Å². The van der Waals surface area contributed by atoms with Gasteiger partial charge >= 0.3 is 11.9 Å². The van der Waals surface area contributed by atoms with E-state index in [1.54, 1.807) is 14.0 Å². The summed E-state index contributed by atoms with van der Waals surface area (Å²) in [6.45, 7) is 3.80. The van der Waals surface area contributed by atoms with Gasteiger partial charge in [0.25, 0.3) is 0 Å². The maximum atomic E-state index is 13.0. The largest absolute Gasteiger partial charge is 0.497 e. The molecule has 1 spiro atoms. The van der Waals surface area contributed by atoms with E-state index in [1.807, 2.05) is 0 Å². The molecule has 32 heavy (non-hydrogen) atoms. The second kappa shape index (κ2) is 7.99. The molecular weight excluding hydrogens is 414 g/mol. The second-order valence-corrected chi connectivity index (χ2v) is 9.00. The van der Waals surface area contributed by atoms with Gasteiger partial charge in [-0.25, -0.2) is 0 Å². The van der Waals surface area contributed by atoms with Crippen LogP contribution in [0.15, 0.2) is 24.0 Å². The summed E-state index contributed by atoms with van der Waals surface area (Å²) in [5, 5.41) is 0. The molecule has 0 amide bonds. The van der Waals surface area contributed by atoms with Crippen molar-refractivity contribution in [2.45, 2.75) is 50.2 Å². The van der Waals surface area contributed by atoms with Gasteiger partial charge in [-0.2, -0.15) is 0 Å². The van der Waals surface area contributed by atoms with Gasteiger partial charge in [0.15, 0.2) is 17.6 Å². The first-order valence-electron chi connectivity index (χ1n) is 11.2. The number of hydrogen-bond acceptors (Lipinski definition) is 8. The number of rotatable bonds is 5. The van der Waals surface area contributed by atoms with E-state index in [9.17, 15) is 9.59 Å². The van der Waals surface area contributed by atoms with Gasteiger partial charge in [-0.3, -0.25) is 14.5 Å². The first-order chi connectivity index (χ1) is 15.5. The lowest BCUT2D eigenvalue weighted by molar-refractivity contribution is -0.158. The number of methoxy groups -OCH3 is 2. The molecule has 0 N–H and O–H groups in total. The molecule has 1 fully saturated rings. The molecule has 3 heterocycles. The minimum Gasteiger partial charge on any atom is -0.497 e. The number of ether oxygens (including phenoxy) is 5. The second-order valence-electron chi connectivity index (χ2n) is 9.00. The highest BCUT2D eigenvalue weighted by molar-refractivity contribution is 5.80. The number of fused-ring (bicyclic) bond motifs is 3. The smallest absolute Gasteiger partial charge is 0.309 e. The Morgan fingerprint density at radius 1 is 1.22 bits per heavy atom. The van der Waals surface area contributed by atoms with Gasteiger partial charge in [0.2, 0.25) is 6.79 Å². The van der Waals surface area contributed by atoms with E-state index in [0.717, 1.165) is 49.4 Å². The monoisotopic (exact) mass is 443 g/mol. The molecule has 0 saturated carbocycles. The van der Waals surface area contributed by atoms with Crippen molar-refractivity contribution in [3.05, 3.63) is 35.1 Å². The van der Waals surface area contributed by atoms with Crippen molar-refractivity contribution < 1.29 is 33.3 Å². The molecule has 1 aliphatic carbocycles. The highest BCUT2D eigenvalue weighted by Gasteiger charge is 2.58. The van der Waals surface area contributed by atoms with Crippen molar-refractivity contribution in [3.8, 4) is 11.5 Å². The highest BCUT2D eigenvalue weighted by atomic mass is 16.7. The number of carbonyl (C=O) groups excluding carboxylic acids is 2. The predicted octanol–water partition coefficient (Wildman–Crippen LogP) is 2.54. The zero-order valence-corrected chi connectivity index (χ0v) is 18.7. The Kier molecular flexibility index (Phi) is 5.28. The van der Waals surface area contributed by atoms with Crippen LogP contribution in [0.3, 0.4) is 0 Å². The maximum absolute atomic E-state index is 13.0. The average Bonchev–Trinajstić information content (AvgIpc) is 3.47. The van der Waals surface area contributed by atoms with Gasteiger partial charge in [0, 0.05) is 6.54 Å². The number of esters is 2. The molecule has 1 aromatic rings. The SMILES string of the molecule is COC(=O)C[C@H](C)C(=O)O[C@@H]1C(OC)=C[C@]23CCCN2CCc2cc4c(cc2[C@H]13)OCO4. The van der Waals surface area contributed by atoms with Crippen LogP contribution in [0.2, 0.25) is 0 Å². The molecule has 0 aromatic heterocycles. The Labute approximate surface area is 187 Å². The fourth-order valence-corrected chi connectivity index (χ4v) is 5.75. The molecule has 0 radical (unpaired) electrons. The highest BCUT2D eigenvalue weighted by Crippen LogP contribution is 2.55. The molecule has 8 heteroatoms. The molecule has 1 saturated heterocycles. The minimum absolute atomic E-state index is 0.0225. The quantitative estimate of drug-likeness (QED) is 0.642. The molecule has 5 rings (SSSR count). The standard InChI is InChI=1S/C24H29NO7/c1-14(9-20(26)29-3)23(27)32-22-19(28-2)12-24-6-4-7-25(24)8-5-15-10-17-18(31-13-30-17)11-16(15)21(22)24/h10-12,14,21-22H,4-9,13H2,1-3H3/t14-,21+,22+,24-/m0/s1. The molecule has 1 aromatic carbocycles. The van der Waals surface area contributed by atoms with Crippen LogP contribution < -0.4 is 9.47 Å². The van der Waals surface area contributed by atoms with Crippen LogP contribution in [0.25, 0.3) is 0 Å². The zero-order chi connectivity index (χ0) is 22.5. The minimum atomic E-state index is -0.612. The van der Waals surface area contributed by atoms with Crippen LogP contribution in [-0.2, 0) is 30.2 Å². The Bertz CT molecular complexity index is 973. The lowest BCUT2D eigenvalue weighted by atomic mass is 9.77.